The minimum absolute atomic E-state index is 0.301. The molecule has 5 nitrogen and oxygen atoms in total. The van der Waals surface area contributed by atoms with E-state index in [0.717, 1.165) is 0 Å². The van der Waals surface area contributed by atoms with Gasteiger partial charge in [-0.2, -0.15) is 0 Å². The van der Waals surface area contributed by atoms with Crippen molar-refractivity contribution in [1.82, 2.24) is 0 Å². The van der Waals surface area contributed by atoms with Crippen LogP contribution in [0.3, 0.4) is 0 Å². The molecule has 0 heterocycles. The van der Waals surface area contributed by atoms with Crippen molar-refractivity contribution in [2.24, 2.45) is 5.18 Å². The molecule has 0 amide bonds. The molecule has 0 aromatic heterocycles. The second kappa shape index (κ2) is 3.00. The van der Waals surface area contributed by atoms with E-state index < -0.39 is 17.4 Å². The van der Waals surface area contributed by atoms with E-state index in [9.17, 15) is 9.70 Å². The maximum atomic E-state index is 10.4. The minimum atomic E-state index is -1.29. The van der Waals surface area contributed by atoms with Gasteiger partial charge in [0, 0.05) is 0 Å². The molecule has 0 atom stereocenters. The van der Waals surface area contributed by atoms with Crippen molar-refractivity contribution in [3.05, 3.63) is 28.7 Å². The molecule has 62 valence electrons. The van der Waals surface area contributed by atoms with E-state index >= 15 is 0 Å². The zero-order chi connectivity index (χ0) is 9.14. The molecule has 0 aliphatic heterocycles. The number of aromatic carboxylic acids is 1. The summed E-state index contributed by atoms with van der Waals surface area (Å²) in [6.07, 6.45) is 0. The zero-order valence-corrected chi connectivity index (χ0v) is 5.89. The average Bonchev–Trinajstić information content (AvgIpc) is 2.03. The minimum Gasteiger partial charge on any atom is -0.506 e. The van der Waals surface area contributed by atoms with Gasteiger partial charge in [0.1, 0.15) is 5.75 Å². The van der Waals surface area contributed by atoms with Crippen molar-refractivity contribution in [2.45, 2.75) is 0 Å². The fourth-order valence-corrected chi connectivity index (χ4v) is 0.800. The van der Waals surface area contributed by atoms with Gasteiger partial charge in [-0.05, 0) is 17.3 Å². The highest BCUT2D eigenvalue weighted by Crippen LogP contribution is 2.29. The first-order chi connectivity index (χ1) is 5.66. The van der Waals surface area contributed by atoms with Gasteiger partial charge in [0.2, 0.25) is 0 Å². The van der Waals surface area contributed by atoms with Crippen molar-refractivity contribution in [3.63, 3.8) is 0 Å². The first kappa shape index (κ1) is 8.19. The van der Waals surface area contributed by atoms with E-state index in [0.29, 0.717) is 0 Å². The molecule has 0 saturated heterocycles. The summed E-state index contributed by atoms with van der Waals surface area (Å²) < 4.78 is 0. The third kappa shape index (κ3) is 1.24. The predicted molar refractivity (Wildman–Crippen MR) is 40.5 cm³/mol. The van der Waals surface area contributed by atoms with Crippen molar-refractivity contribution >= 4 is 11.7 Å². The molecule has 0 saturated carbocycles. The van der Waals surface area contributed by atoms with Crippen LogP contribution >= 0.6 is 0 Å². The van der Waals surface area contributed by atoms with E-state index in [4.69, 9.17) is 10.2 Å². The Balaban J connectivity index is 3.37. The highest BCUT2D eigenvalue weighted by atomic mass is 16.4. The van der Waals surface area contributed by atoms with Crippen molar-refractivity contribution < 1.29 is 15.0 Å². The lowest BCUT2D eigenvalue weighted by atomic mass is 10.2. The van der Waals surface area contributed by atoms with Gasteiger partial charge < -0.3 is 10.2 Å². The molecule has 1 rings (SSSR count). The van der Waals surface area contributed by atoms with Gasteiger partial charge in [-0.3, -0.25) is 0 Å². The number of aromatic hydroxyl groups is 1. The summed E-state index contributed by atoms with van der Waals surface area (Å²) in [7, 11) is 0. The molecule has 1 aromatic rings. The predicted octanol–water partition coefficient (Wildman–Crippen LogP) is 1.49. The molecule has 1 aromatic carbocycles. The summed E-state index contributed by atoms with van der Waals surface area (Å²) in [6.45, 7) is 0. The number of rotatable bonds is 2. The molecule has 0 aliphatic carbocycles. The molecular formula is C7H5NO4. The number of benzene rings is 1. The lowest BCUT2D eigenvalue weighted by Gasteiger charge is -1.98. The summed E-state index contributed by atoms with van der Waals surface area (Å²) >= 11 is 0. The van der Waals surface area contributed by atoms with E-state index in [1.165, 1.54) is 18.2 Å². The number of hydrogen-bond donors (Lipinski definition) is 2. The SMILES string of the molecule is O=Nc1c(O)cccc1C(=O)O. The van der Waals surface area contributed by atoms with E-state index in [1.807, 2.05) is 0 Å². The van der Waals surface area contributed by atoms with Crippen LogP contribution in [0.1, 0.15) is 10.4 Å². The Morgan fingerprint density at radius 1 is 1.42 bits per heavy atom. The maximum absolute atomic E-state index is 10.4. The molecular weight excluding hydrogens is 162 g/mol. The van der Waals surface area contributed by atoms with Crippen molar-refractivity contribution in [2.75, 3.05) is 0 Å². The smallest absolute Gasteiger partial charge is 0.338 e. The summed E-state index contributed by atoms with van der Waals surface area (Å²) in [5.41, 5.74) is -0.741. The normalized spacial score (nSPS) is 9.33. The van der Waals surface area contributed by atoms with E-state index in [1.54, 1.807) is 0 Å². The molecule has 0 unspecified atom stereocenters. The summed E-state index contributed by atoms with van der Waals surface area (Å²) in [6, 6.07) is 3.72. The van der Waals surface area contributed by atoms with Gasteiger partial charge in [-0.15, -0.1) is 4.91 Å². The number of nitroso groups, excluding NO2 is 1. The standard InChI is InChI=1S/C7H5NO4/c9-5-3-1-2-4(7(10)11)6(5)8-12/h1-3,9H,(H,10,11). The van der Waals surface area contributed by atoms with Gasteiger partial charge in [0.25, 0.3) is 0 Å². The summed E-state index contributed by atoms with van der Waals surface area (Å²) in [4.78, 5) is 20.5. The van der Waals surface area contributed by atoms with E-state index in [-0.39, 0.29) is 5.56 Å². The number of nitrogens with zero attached hydrogens (tertiary/aromatic N) is 1. The highest BCUT2D eigenvalue weighted by molar-refractivity contribution is 5.94. The number of hydrogen-bond acceptors (Lipinski definition) is 4. The van der Waals surface area contributed by atoms with Crippen LogP contribution in [0.25, 0.3) is 0 Å². The van der Waals surface area contributed by atoms with E-state index in [2.05, 4.69) is 5.18 Å². The summed E-state index contributed by atoms with van der Waals surface area (Å²) in [5, 5.41) is 19.9. The molecule has 5 heteroatoms. The van der Waals surface area contributed by atoms with Gasteiger partial charge in [0.15, 0.2) is 5.69 Å². The quantitative estimate of drug-likeness (QED) is 0.653. The topological polar surface area (TPSA) is 87.0 Å². The first-order valence-corrected chi connectivity index (χ1v) is 3.05. The lowest BCUT2D eigenvalue weighted by Crippen LogP contribution is -1.95. The van der Waals surface area contributed by atoms with Crippen LogP contribution in [-0.2, 0) is 0 Å². The Labute approximate surface area is 67.2 Å². The Bertz CT molecular complexity index is 334. The third-order valence-electron chi connectivity index (χ3n) is 1.34. The number of phenols is 1. The number of phenolic OH excluding ortho intramolecular Hbond substituents is 1. The first-order valence-electron chi connectivity index (χ1n) is 3.05. The van der Waals surface area contributed by atoms with Gasteiger partial charge >= 0.3 is 5.97 Å². The zero-order valence-electron chi connectivity index (χ0n) is 5.89. The van der Waals surface area contributed by atoms with Crippen LogP contribution in [0, 0.1) is 4.91 Å². The fourth-order valence-electron chi connectivity index (χ4n) is 0.800. The van der Waals surface area contributed by atoms with Crippen molar-refractivity contribution in [3.8, 4) is 5.75 Å². The average molecular weight is 167 g/mol. The molecule has 0 aliphatic rings. The molecule has 0 bridgehead atoms. The fraction of sp³-hybridized carbons (Fsp3) is 0. The van der Waals surface area contributed by atoms with Gasteiger partial charge in [-0.1, -0.05) is 6.07 Å². The largest absolute Gasteiger partial charge is 0.506 e. The van der Waals surface area contributed by atoms with Gasteiger partial charge in [-0.25, -0.2) is 4.79 Å². The molecule has 0 radical (unpaired) electrons. The number of carbonyl (C=O) groups is 1. The lowest BCUT2D eigenvalue weighted by molar-refractivity contribution is 0.0697. The Morgan fingerprint density at radius 3 is 2.50 bits per heavy atom. The molecule has 12 heavy (non-hydrogen) atoms. The Kier molecular flexibility index (Phi) is 2.05. The van der Waals surface area contributed by atoms with Crippen LogP contribution < -0.4 is 0 Å². The van der Waals surface area contributed by atoms with Crippen LogP contribution in [0.2, 0.25) is 0 Å². The Hall–Kier alpha value is -1.91. The Morgan fingerprint density at radius 2 is 2.08 bits per heavy atom. The van der Waals surface area contributed by atoms with Gasteiger partial charge in [0.05, 0.1) is 5.56 Å². The van der Waals surface area contributed by atoms with Crippen LogP contribution in [0.4, 0.5) is 5.69 Å². The third-order valence-corrected chi connectivity index (χ3v) is 1.34. The molecule has 0 fully saturated rings. The molecule has 2 N–H and O–H groups in total. The maximum Gasteiger partial charge on any atom is 0.338 e. The number of carboxylic acids is 1. The molecule has 0 spiro atoms. The number of carboxylic acid groups (broad SMARTS) is 1. The summed E-state index contributed by atoms with van der Waals surface area (Å²) in [5.74, 6) is -1.72. The second-order valence-corrected chi connectivity index (χ2v) is 2.07. The highest BCUT2D eigenvalue weighted by Gasteiger charge is 2.13. The van der Waals surface area contributed by atoms with Crippen LogP contribution in [0.5, 0.6) is 5.75 Å². The van der Waals surface area contributed by atoms with Crippen molar-refractivity contribution in [1.29, 1.82) is 0 Å². The van der Waals surface area contributed by atoms with Crippen LogP contribution in [0.15, 0.2) is 23.4 Å². The second-order valence-electron chi connectivity index (χ2n) is 2.07. The van der Waals surface area contributed by atoms with Crippen LogP contribution in [-0.4, -0.2) is 16.2 Å². The monoisotopic (exact) mass is 167 g/mol.